The molecule has 0 aliphatic carbocycles. The van der Waals surface area contributed by atoms with Gasteiger partial charge in [0.2, 0.25) is 0 Å². The van der Waals surface area contributed by atoms with Crippen molar-refractivity contribution in [3.63, 3.8) is 0 Å². The number of rotatable bonds is 1. The van der Waals surface area contributed by atoms with E-state index >= 15 is 0 Å². The zero-order chi connectivity index (χ0) is 8.55. The third-order valence-electron chi connectivity index (χ3n) is 2.02. The summed E-state index contributed by atoms with van der Waals surface area (Å²) >= 11 is 0. The fraction of sp³-hybridized carbons (Fsp3) is 0.333. The molecule has 2 N–H and O–H groups in total. The summed E-state index contributed by atoms with van der Waals surface area (Å²) in [6.45, 7) is 4.35. The Balaban J connectivity index is 2.34. The molecule has 2 aliphatic heterocycles. The molecule has 0 atom stereocenters. The van der Waals surface area contributed by atoms with Crippen LogP contribution in [-0.2, 0) is 0 Å². The van der Waals surface area contributed by atoms with E-state index in [1.165, 1.54) is 11.4 Å². The number of nitrogens with zero attached hydrogens (tertiary/aromatic N) is 1. The quantitative estimate of drug-likeness (QED) is 0.609. The molecule has 2 rings (SSSR count). The number of hydrogen-bond donors (Lipinski definition) is 2. The van der Waals surface area contributed by atoms with E-state index in [2.05, 4.69) is 30.9 Å². The van der Waals surface area contributed by atoms with Gasteiger partial charge >= 0.3 is 0 Å². The summed E-state index contributed by atoms with van der Waals surface area (Å²) in [5.41, 5.74) is 8.67. The summed E-state index contributed by atoms with van der Waals surface area (Å²) in [5.74, 6) is 0.522. The first-order chi connectivity index (χ1) is 5.79. The zero-order valence-electron chi connectivity index (χ0n) is 7.33. The largest absolute Gasteiger partial charge is 0.305 e. The van der Waals surface area contributed by atoms with Crippen molar-refractivity contribution in [1.82, 2.24) is 16.0 Å². The second kappa shape index (κ2) is 2.68. The highest BCUT2D eigenvalue weighted by atomic mass is 15.7. The fourth-order valence-electron chi connectivity index (χ4n) is 1.38. The Hall–Kier alpha value is -1.22. The minimum Gasteiger partial charge on any atom is -0.305 e. The van der Waals surface area contributed by atoms with E-state index < -0.39 is 0 Å². The van der Waals surface area contributed by atoms with E-state index in [1.54, 1.807) is 0 Å². The van der Waals surface area contributed by atoms with Crippen molar-refractivity contribution in [2.45, 2.75) is 13.8 Å². The monoisotopic (exact) mass is 163 g/mol. The molecular formula is C9H13N3. The van der Waals surface area contributed by atoms with E-state index in [9.17, 15) is 0 Å². The van der Waals surface area contributed by atoms with Crippen LogP contribution in [0.2, 0.25) is 0 Å². The van der Waals surface area contributed by atoms with E-state index in [1.807, 2.05) is 23.4 Å². The van der Waals surface area contributed by atoms with Crippen LogP contribution in [0.15, 0.2) is 35.8 Å². The summed E-state index contributed by atoms with van der Waals surface area (Å²) in [6, 6.07) is 0. The van der Waals surface area contributed by atoms with Crippen molar-refractivity contribution in [3.8, 4) is 0 Å². The first kappa shape index (κ1) is 7.43. The Morgan fingerprint density at radius 1 is 1.33 bits per heavy atom. The second-order valence-corrected chi connectivity index (χ2v) is 3.26. The van der Waals surface area contributed by atoms with Crippen molar-refractivity contribution < 1.29 is 0 Å². The van der Waals surface area contributed by atoms with Crippen LogP contribution in [-0.4, -0.2) is 5.01 Å². The van der Waals surface area contributed by atoms with Gasteiger partial charge in [-0.2, -0.15) is 0 Å². The Labute approximate surface area is 72.4 Å². The molecule has 3 nitrogen and oxygen atoms in total. The predicted molar refractivity (Wildman–Crippen MR) is 48.3 cm³/mol. The lowest BCUT2D eigenvalue weighted by molar-refractivity contribution is 0.345. The number of allylic oxidation sites excluding steroid dienone is 4. The number of hydrogen-bond acceptors (Lipinski definition) is 3. The van der Waals surface area contributed by atoms with Gasteiger partial charge < -0.3 is 5.43 Å². The SMILES string of the molecule is CC(C)C1=C2C=CC=CN2NN1. The Bertz CT molecular complexity index is 273. The summed E-state index contributed by atoms with van der Waals surface area (Å²) in [7, 11) is 0. The van der Waals surface area contributed by atoms with Gasteiger partial charge in [-0.1, -0.05) is 19.9 Å². The highest BCUT2D eigenvalue weighted by Crippen LogP contribution is 2.21. The summed E-state index contributed by atoms with van der Waals surface area (Å²) < 4.78 is 0. The van der Waals surface area contributed by atoms with Crippen LogP contribution in [0.1, 0.15) is 13.8 Å². The van der Waals surface area contributed by atoms with Gasteiger partial charge in [0.05, 0.1) is 11.4 Å². The summed E-state index contributed by atoms with van der Waals surface area (Å²) in [5, 5.41) is 1.98. The van der Waals surface area contributed by atoms with E-state index in [0.29, 0.717) is 5.92 Å². The van der Waals surface area contributed by atoms with Gasteiger partial charge in [0.15, 0.2) is 0 Å². The lowest BCUT2D eigenvalue weighted by atomic mass is 10.1. The molecule has 0 bridgehead atoms. The molecule has 64 valence electrons. The molecule has 0 radical (unpaired) electrons. The van der Waals surface area contributed by atoms with E-state index in [0.717, 1.165) is 0 Å². The zero-order valence-corrected chi connectivity index (χ0v) is 7.33. The van der Waals surface area contributed by atoms with Gasteiger partial charge in [-0.3, -0.25) is 5.01 Å². The van der Waals surface area contributed by atoms with Gasteiger partial charge in [-0.15, -0.1) is 5.53 Å². The molecular weight excluding hydrogens is 150 g/mol. The van der Waals surface area contributed by atoms with E-state index in [4.69, 9.17) is 0 Å². The predicted octanol–water partition coefficient (Wildman–Crippen LogP) is 1.26. The molecule has 0 unspecified atom stereocenters. The van der Waals surface area contributed by atoms with Crippen LogP contribution in [0.3, 0.4) is 0 Å². The maximum atomic E-state index is 3.15. The van der Waals surface area contributed by atoms with Gasteiger partial charge in [0.25, 0.3) is 0 Å². The van der Waals surface area contributed by atoms with Crippen LogP contribution >= 0.6 is 0 Å². The lowest BCUT2D eigenvalue weighted by Crippen LogP contribution is -2.34. The summed E-state index contributed by atoms with van der Waals surface area (Å²) in [4.78, 5) is 0. The van der Waals surface area contributed by atoms with Gasteiger partial charge in [-0.05, 0) is 18.1 Å². The molecule has 0 aromatic heterocycles. The molecule has 2 aliphatic rings. The normalized spacial score (nSPS) is 20.4. The average Bonchev–Trinajstić information content (AvgIpc) is 2.47. The second-order valence-electron chi connectivity index (χ2n) is 3.26. The smallest absolute Gasteiger partial charge is 0.0795 e. The van der Waals surface area contributed by atoms with Crippen LogP contribution in [0, 0.1) is 5.92 Å². The maximum Gasteiger partial charge on any atom is 0.0795 e. The van der Waals surface area contributed by atoms with Crippen molar-refractivity contribution >= 4 is 0 Å². The first-order valence-electron chi connectivity index (χ1n) is 4.19. The Morgan fingerprint density at radius 2 is 2.17 bits per heavy atom. The molecule has 0 spiro atoms. The molecule has 0 saturated heterocycles. The van der Waals surface area contributed by atoms with Crippen molar-refractivity contribution in [3.05, 3.63) is 35.8 Å². The van der Waals surface area contributed by atoms with Crippen LogP contribution < -0.4 is 11.0 Å². The molecule has 12 heavy (non-hydrogen) atoms. The first-order valence-corrected chi connectivity index (χ1v) is 4.19. The average molecular weight is 163 g/mol. The molecule has 0 fully saturated rings. The van der Waals surface area contributed by atoms with Crippen LogP contribution in [0.5, 0.6) is 0 Å². The molecule has 0 aromatic rings. The van der Waals surface area contributed by atoms with Gasteiger partial charge in [-0.25, -0.2) is 0 Å². The summed E-state index contributed by atoms with van der Waals surface area (Å²) in [6.07, 6.45) is 8.14. The highest BCUT2D eigenvalue weighted by molar-refractivity contribution is 5.33. The van der Waals surface area contributed by atoms with Gasteiger partial charge in [0.1, 0.15) is 0 Å². The van der Waals surface area contributed by atoms with Crippen molar-refractivity contribution in [1.29, 1.82) is 0 Å². The highest BCUT2D eigenvalue weighted by Gasteiger charge is 2.20. The molecule has 0 aromatic carbocycles. The molecule has 2 heterocycles. The van der Waals surface area contributed by atoms with E-state index in [-0.39, 0.29) is 0 Å². The van der Waals surface area contributed by atoms with Crippen LogP contribution in [0.4, 0.5) is 0 Å². The van der Waals surface area contributed by atoms with Gasteiger partial charge in [0, 0.05) is 6.20 Å². The Morgan fingerprint density at radius 3 is 2.92 bits per heavy atom. The van der Waals surface area contributed by atoms with Crippen LogP contribution in [0.25, 0.3) is 0 Å². The molecule has 3 heteroatoms. The number of fused-ring (bicyclic) bond motifs is 1. The number of nitrogens with one attached hydrogen (secondary N) is 2. The molecule has 0 amide bonds. The topological polar surface area (TPSA) is 27.3 Å². The minimum absolute atomic E-state index is 0.522. The standard InChI is InChI=1S/C9H13N3/c1-7(2)9-8-5-3-4-6-12(8)11-10-9/h3-7,10-11H,1-2H3. The maximum absolute atomic E-state index is 3.15. The van der Waals surface area contributed by atoms with Crippen molar-refractivity contribution in [2.24, 2.45) is 5.92 Å². The fourth-order valence-corrected chi connectivity index (χ4v) is 1.38. The minimum atomic E-state index is 0.522. The Kier molecular flexibility index (Phi) is 1.66. The lowest BCUT2D eigenvalue weighted by Gasteiger charge is -2.15. The number of hydrazine groups is 2. The third kappa shape index (κ3) is 1.02. The third-order valence-corrected chi connectivity index (χ3v) is 2.02. The molecule has 0 saturated carbocycles. The van der Waals surface area contributed by atoms with Crippen molar-refractivity contribution in [2.75, 3.05) is 0 Å².